The van der Waals surface area contributed by atoms with Crippen LogP contribution in [0.15, 0.2) is 42.7 Å². The Balaban J connectivity index is 1.24. The second-order valence-corrected chi connectivity index (χ2v) is 8.64. The third kappa shape index (κ3) is 3.80. The molecular formula is C24H27N5O2. The van der Waals surface area contributed by atoms with Gasteiger partial charge in [-0.25, -0.2) is 4.98 Å². The van der Waals surface area contributed by atoms with Crippen LogP contribution in [0.4, 0.5) is 0 Å². The number of hydrogen-bond acceptors (Lipinski definition) is 4. The summed E-state index contributed by atoms with van der Waals surface area (Å²) >= 11 is 0. The van der Waals surface area contributed by atoms with Crippen molar-refractivity contribution >= 4 is 22.8 Å². The van der Waals surface area contributed by atoms with Crippen molar-refractivity contribution < 1.29 is 9.59 Å². The topological polar surface area (TPSA) is 82.2 Å². The first kappa shape index (κ1) is 19.7. The molecule has 2 aliphatic heterocycles. The molecule has 2 fully saturated rings. The van der Waals surface area contributed by atoms with E-state index in [1.807, 2.05) is 47.1 Å². The first-order chi connectivity index (χ1) is 15.1. The molecule has 0 saturated carbocycles. The second-order valence-electron chi connectivity index (χ2n) is 8.64. The van der Waals surface area contributed by atoms with Crippen LogP contribution in [-0.4, -0.2) is 56.2 Å². The molecule has 1 unspecified atom stereocenters. The molecule has 0 aliphatic carbocycles. The van der Waals surface area contributed by atoms with Crippen LogP contribution in [0.2, 0.25) is 0 Å². The molecule has 3 aromatic rings. The van der Waals surface area contributed by atoms with Crippen LogP contribution in [0, 0.1) is 12.8 Å². The van der Waals surface area contributed by atoms with Crippen LogP contribution in [0.5, 0.6) is 0 Å². The lowest BCUT2D eigenvalue weighted by molar-refractivity contribution is -0.138. The highest BCUT2D eigenvalue weighted by Crippen LogP contribution is 2.34. The Hall–Kier alpha value is -3.22. The van der Waals surface area contributed by atoms with Gasteiger partial charge in [-0.1, -0.05) is 17.7 Å². The van der Waals surface area contributed by atoms with Gasteiger partial charge in [-0.05, 0) is 50.8 Å². The van der Waals surface area contributed by atoms with Crippen LogP contribution in [0.1, 0.15) is 53.5 Å². The van der Waals surface area contributed by atoms with E-state index in [9.17, 15) is 9.59 Å². The highest BCUT2D eigenvalue weighted by molar-refractivity contribution is 5.94. The maximum Gasteiger partial charge on any atom is 0.253 e. The predicted molar refractivity (Wildman–Crippen MR) is 117 cm³/mol. The van der Waals surface area contributed by atoms with Gasteiger partial charge in [-0.2, -0.15) is 0 Å². The number of pyridine rings is 1. The van der Waals surface area contributed by atoms with Gasteiger partial charge in [-0.3, -0.25) is 14.6 Å². The Kier molecular flexibility index (Phi) is 5.18. The average Bonchev–Trinajstić information content (AvgIpc) is 3.45. The number of aromatic amines is 1. The Morgan fingerprint density at radius 2 is 1.81 bits per heavy atom. The minimum absolute atomic E-state index is 0.00730. The van der Waals surface area contributed by atoms with E-state index in [2.05, 4.69) is 9.97 Å². The Bertz CT molecular complexity index is 1070. The van der Waals surface area contributed by atoms with Crippen molar-refractivity contribution in [2.45, 2.75) is 38.6 Å². The van der Waals surface area contributed by atoms with E-state index < -0.39 is 0 Å². The van der Waals surface area contributed by atoms with Crippen LogP contribution in [0.25, 0.3) is 11.0 Å². The molecule has 4 heterocycles. The maximum absolute atomic E-state index is 13.4. The summed E-state index contributed by atoms with van der Waals surface area (Å²) in [6.45, 7) is 4.02. The van der Waals surface area contributed by atoms with Gasteiger partial charge in [0.15, 0.2) is 0 Å². The molecule has 2 aromatic heterocycles. The quantitative estimate of drug-likeness (QED) is 0.707. The van der Waals surface area contributed by atoms with Crippen LogP contribution >= 0.6 is 0 Å². The van der Waals surface area contributed by atoms with Crippen molar-refractivity contribution in [3.8, 4) is 0 Å². The number of nitrogens with one attached hydrogen (secondary N) is 1. The summed E-state index contributed by atoms with van der Waals surface area (Å²) in [5, 5.41) is 0. The van der Waals surface area contributed by atoms with Gasteiger partial charge in [-0.15, -0.1) is 0 Å². The maximum atomic E-state index is 13.4. The summed E-state index contributed by atoms with van der Waals surface area (Å²) in [5.74, 6) is 1.07. The Morgan fingerprint density at radius 3 is 2.55 bits per heavy atom. The van der Waals surface area contributed by atoms with Gasteiger partial charge in [0, 0.05) is 37.3 Å². The lowest BCUT2D eigenvalue weighted by Gasteiger charge is -2.34. The zero-order valence-electron chi connectivity index (χ0n) is 17.8. The number of imidazole rings is 1. The first-order valence-electron chi connectivity index (χ1n) is 11.1. The number of rotatable bonds is 3. The molecular weight excluding hydrogens is 390 g/mol. The number of fused-ring (bicyclic) bond motifs is 1. The minimum Gasteiger partial charge on any atom is -0.339 e. The van der Waals surface area contributed by atoms with Gasteiger partial charge in [0.2, 0.25) is 5.91 Å². The summed E-state index contributed by atoms with van der Waals surface area (Å²) < 4.78 is 0. The SMILES string of the molecule is Cc1ccc(C(=O)N2CCC(C(=O)N3CCCC3c3nc4ccncc4[nH]3)CC2)cc1. The minimum atomic E-state index is -0.0336. The molecule has 2 amide bonds. The first-order valence-corrected chi connectivity index (χ1v) is 11.1. The molecule has 5 rings (SSSR count). The normalized spacial score (nSPS) is 19.8. The second kappa shape index (κ2) is 8.13. The Labute approximate surface area is 181 Å². The molecule has 0 bridgehead atoms. The molecule has 1 N–H and O–H groups in total. The smallest absolute Gasteiger partial charge is 0.253 e. The van der Waals surface area contributed by atoms with Crippen molar-refractivity contribution in [3.05, 3.63) is 59.7 Å². The number of carbonyl (C=O) groups is 2. The summed E-state index contributed by atoms with van der Waals surface area (Å²) in [5.41, 5.74) is 3.64. The highest BCUT2D eigenvalue weighted by atomic mass is 16.2. The number of nitrogens with zero attached hydrogens (tertiary/aromatic N) is 4. The van der Waals surface area contributed by atoms with Crippen LogP contribution in [-0.2, 0) is 4.79 Å². The fourth-order valence-corrected chi connectivity index (χ4v) is 4.79. The lowest BCUT2D eigenvalue weighted by Crippen LogP contribution is -2.44. The highest BCUT2D eigenvalue weighted by Gasteiger charge is 2.37. The van der Waals surface area contributed by atoms with E-state index in [1.165, 1.54) is 0 Å². The number of H-pyrrole nitrogens is 1. The van der Waals surface area contributed by atoms with Gasteiger partial charge < -0.3 is 14.8 Å². The van der Waals surface area contributed by atoms with Gasteiger partial charge in [0.25, 0.3) is 5.91 Å². The molecule has 1 atom stereocenters. The zero-order chi connectivity index (χ0) is 21.4. The molecule has 0 radical (unpaired) electrons. The number of hydrogen-bond donors (Lipinski definition) is 1. The van der Waals surface area contributed by atoms with E-state index in [0.717, 1.165) is 41.8 Å². The van der Waals surface area contributed by atoms with Crippen molar-refractivity contribution in [1.29, 1.82) is 0 Å². The molecule has 160 valence electrons. The summed E-state index contributed by atoms with van der Waals surface area (Å²) in [6, 6.07) is 9.57. The van der Waals surface area contributed by atoms with E-state index in [1.54, 1.807) is 12.4 Å². The number of piperidine rings is 1. The fourth-order valence-electron chi connectivity index (χ4n) is 4.79. The van der Waals surface area contributed by atoms with Gasteiger partial charge >= 0.3 is 0 Å². The number of benzene rings is 1. The number of aromatic nitrogens is 3. The molecule has 7 heteroatoms. The van der Waals surface area contributed by atoms with E-state index in [-0.39, 0.29) is 23.8 Å². The van der Waals surface area contributed by atoms with Gasteiger partial charge in [0.05, 0.1) is 23.3 Å². The van der Waals surface area contributed by atoms with Crippen molar-refractivity contribution in [1.82, 2.24) is 24.8 Å². The molecule has 7 nitrogen and oxygen atoms in total. The summed E-state index contributed by atoms with van der Waals surface area (Å²) in [6.07, 6.45) is 6.83. The summed E-state index contributed by atoms with van der Waals surface area (Å²) in [4.78, 5) is 42.2. The third-order valence-electron chi connectivity index (χ3n) is 6.58. The zero-order valence-corrected chi connectivity index (χ0v) is 17.8. The molecule has 31 heavy (non-hydrogen) atoms. The lowest BCUT2D eigenvalue weighted by atomic mass is 9.94. The largest absolute Gasteiger partial charge is 0.339 e. The molecule has 1 aromatic carbocycles. The van der Waals surface area contributed by atoms with E-state index in [4.69, 9.17) is 4.98 Å². The monoisotopic (exact) mass is 417 g/mol. The van der Waals surface area contributed by atoms with E-state index in [0.29, 0.717) is 31.5 Å². The molecule has 2 saturated heterocycles. The molecule has 0 spiro atoms. The average molecular weight is 418 g/mol. The number of aryl methyl sites for hydroxylation is 1. The Morgan fingerprint density at radius 1 is 1.03 bits per heavy atom. The van der Waals surface area contributed by atoms with Gasteiger partial charge in [0.1, 0.15) is 5.82 Å². The van der Waals surface area contributed by atoms with Crippen LogP contribution < -0.4 is 0 Å². The predicted octanol–water partition coefficient (Wildman–Crippen LogP) is 3.48. The van der Waals surface area contributed by atoms with Crippen molar-refractivity contribution in [3.63, 3.8) is 0 Å². The van der Waals surface area contributed by atoms with E-state index >= 15 is 0 Å². The van der Waals surface area contributed by atoms with Crippen LogP contribution in [0.3, 0.4) is 0 Å². The standard InChI is InChI=1S/C24H27N5O2/c1-16-4-6-17(7-5-16)23(30)28-13-9-18(10-14-28)24(31)29-12-2-3-21(29)22-26-19-8-11-25-15-20(19)27-22/h4-8,11,15,18,21H,2-3,9-10,12-14H2,1H3,(H,26,27). The number of amides is 2. The number of likely N-dealkylation sites (tertiary alicyclic amines) is 2. The van der Waals surface area contributed by atoms with Crippen molar-refractivity contribution in [2.24, 2.45) is 5.92 Å². The third-order valence-corrected chi connectivity index (χ3v) is 6.58. The fraction of sp³-hybridized carbons (Fsp3) is 0.417. The summed E-state index contributed by atoms with van der Waals surface area (Å²) in [7, 11) is 0. The number of carbonyl (C=O) groups excluding carboxylic acids is 2. The molecule has 2 aliphatic rings. The van der Waals surface area contributed by atoms with Crippen molar-refractivity contribution in [2.75, 3.05) is 19.6 Å².